The van der Waals surface area contributed by atoms with Crippen molar-refractivity contribution < 1.29 is 9.59 Å². The second-order valence-electron chi connectivity index (χ2n) is 7.51. The first-order valence-corrected chi connectivity index (χ1v) is 10.9. The molecule has 0 bridgehead atoms. The summed E-state index contributed by atoms with van der Waals surface area (Å²) in [6.45, 7) is 4.34. The second-order valence-corrected chi connectivity index (χ2v) is 8.54. The van der Waals surface area contributed by atoms with Gasteiger partial charge in [-0.1, -0.05) is 6.07 Å². The lowest BCUT2D eigenvalue weighted by atomic mass is 9.92. The third-order valence-corrected chi connectivity index (χ3v) is 6.63. The van der Waals surface area contributed by atoms with Gasteiger partial charge in [0.1, 0.15) is 0 Å². The summed E-state index contributed by atoms with van der Waals surface area (Å²) in [7, 11) is 0. The fraction of sp³-hybridized carbons (Fsp3) is 0.700. The van der Waals surface area contributed by atoms with Crippen LogP contribution in [0.2, 0.25) is 0 Å². The number of nitrogens with one attached hydrogen (secondary N) is 2. The maximum absolute atomic E-state index is 12.4. The van der Waals surface area contributed by atoms with Gasteiger partial charge in [0.25, 0.3) is 0 Å². The van der Waals surface area contributed by atoms with Crippen molar-refractivity contribution in [2.24, 2.45) is 11.8 Å². The number of carbonyl (C=O) groups excluding carboxylic acids is 2. The minimum absolute atomic E-state index is 0. The summed E-state index contributed by atoms with van der Waals surface area (Å²) in [6.07, 6.45) is 6.57. The Hall–Kier alpha value is -1.11. The van der Waals surface area contributed by atoms with Gasteiger partial charge in [-0.25, -0.2) is 0 Å². The van der Waals surface area contributed by atoms with Crippen molar-refractivity contribution in [1.82, 2.24) is 15.5 Å². The van der Waals surface area contributed by atoms with Crippen molar-refractivity contribution in [2.75, 3.05) is 32.7 Å². The summed E-state index contributed by atoms with van der Waals surface area (Å²) >= 11 is 1.73. The molecule has 1 aromatic heterocycles. The van der Waals surface area contributed by atoms with Crippen molar-refractivity contribution in [1.29, 1.82) is 0 Å². The Morgan fingerprint density at radius 1 is 1.19 bits per heavy atom. The van der Waals surface area contributed by atoms with Crippen molar-refractivity contribution in [3.05, 3.63) is 22.4 Å². The van der Waals surface area contributed by atoms with Crippen molar-refractivity contribution in [3.63, 3.8) is 0 Å². The first-order chi connectivity index (χ1) is 12.7. The normalized spacial score (nSPS) is 18.7. The molecule has 27 heavy (non-hydrogen) atoms. The van der Waals surface area contributed by atoms with Gasteiger partial charge < -0.3 is 15.5 Å². The van der Waals surface area contributed by atoms with Crippen LogP contribution in [0.3, 0.4) is 0 Å². The zero-order chi connectivity index (χ0) is 18.2. The highest BCUT2D eigenvalue weighted by atomic mass is 35.5. The van der Waals surface area contributed by atoms with Crippen LogP contribution in [-0.2, 0) is 16.0 Å². The van der Waals surface area contributed by atoms with Gasteiger partial charge in [0.05, 0.1) is 0 Å². The van der Waals surface area contributed by atoms with Gasteiger partial charge in [0.15, 0.2) is 0 Å². The van der Waals surface area contributed by atoms with Gasteiger partial charge in [0, 0.05) is 36.9 Å². The Labute approximate surface area is 172 Å². The summed E-state index contributed by atoms with van der Waals surface area (Å²) < 4.78 is 0. The van der Waals surface area contributed by atoms with E-state index in [4.69, 9.17) is 0 Å². The molecule has 1 aromatic rings. The van der Waals surface area contributed by atoms with Gasteiger partial charge in [-0.3, -0.25) is 9.59 Å². The molecular formula is C20H32ClN3O2S. The zero-order valence-electron chi connectivity index (χ0n) is 16.0. The molecule has 0 unspecified atom stereocenters. The van der Waals surface area contributed by atoms with Gasteiger partial charge in [-0.15, -0.1) is 23.7 Å². The van der Waals surface area contributed by atoms with E-state index in [-0.39, 0.29) is 30.1 Å². The third-order valence-electron chi connectivity index (χ3n) is 5.69. The number of nitrogens with zero attached hydrogens (tertiary/aromatic N) is 1. The smallest absolute Gasteiger partial charge is 0.223 e. The number of hydrogen-bond acceptors (Lipinski definition) is 4. The second kappa shape index (κ2) is 11.7. The zero-order valence-corrected chi connectivity index (χ0v) is 17.6. The summed E-state index contributed by atoms with van der Waals surface area (Å²) in [5.41, 5.74) is 0. The van der Waals surface area contributed by atoms with E-state index < -0.39 is 0 Å². The quantitative estimate of drug-likeness (QED) is 0.722. The molecule has 0 radical (unpaired) electrons. The van der Waals surface area contributed by atoms with E-state index in [0.29, 0.717) is 18.9 Å². The Kier molecular flexibility index (Phi) is 9.59. The molecule has 0 aromatic carbocycles. The molecule has 0 aliphatic carbocycles. The largest absolute Gasteiger partial charge is 0.355 e. The van der Waals surface area contributed by atoms with E-state index >= 15 is 0 Å². The molecule has 0 saturated carbocycles. The van der Waals surface area contributed by atoms with Crippen molar-refractivity contribution in [2.45, 2.75) is 44.9 Å². The van der Waals surface area contributed by atoms with Crippen LogP contribution >= 0.6 is 23.7 Å². The van der Waals surface area contributed by atoms with Crippen LogP contribution in [0.25, 0.3) is 0 Å². The van der Waals surface area contributed by atoms with Gasteiger partial charge in [-0.2, -0.15) is 0 Å². The number of halogens is 1. The van der Waals surface area contributed by atoms with Crippen LogP contribution in [0, 0.1) is 11.8 Å². The number of amides is 2. The molecular weight excluding hydrogens is 382 g/mol. The molecule has 2 amide bonds. The molecule has 7 heteroatoms. The maximum atomic E-state index is 12.4. The first-order valence-electron chi connectivity index (χ1n) is 10.0. The van der Waals surface area contributed by atoms with Crippen LogP contribution in [0.15, 0.2) is 17.5 Å². The molecule has 2 saturated heterocycles. The van der Waals surface area contributed by atoms with Gasteiger partial charge in [-0.05, 0) is 69.0 Å². The lowest BCUT2D eigenvalue weighted by Gasteiger charge is -2.32. The highest BCUT2D eigenvalue weighted by Crippen LogP contribution is 2.21. The molecule has 2 fully saturated rings. The monoisotopic (exact) mass is 413 g/mol. The van der Waals surface area contributed by atoms with E-state index in [2.05, 4.69) is 22.1 Å². The number of likely N-dealkylation sites (tertiary alicyclic amines) is 1. The Morgan fingerprint density at radius 3 is 2.59 bits per heavy atom. The number of piperidine rings is 2. The Morgan fingerprint density at radius 2 is 1.93 bits per heavy atom. The van der Waals surface area contributed by atoms with Crippen LogP contribution < -0.4 is 10.6 Å². The van der Waals surface area contributed by atoms with Crippen LogP contribution in [0.1, 0.15) is 43.4 Å². The fourth-order valence-corrected chi connectivity index (χ4v) is 4.66. The number of rotatable bonds is 7. The standard InChI is InChI=1S/C20H31N3O2S.ClH/c24-19(4-3-16-5-10-21-11-6-16)23-13-8-17(9-14-23)20(25)22-12-7-18-2-1-15-26-18;/h1-2,15-17,21H,3-14H2,(H,22,25);1H. The lowest BCUT2D eigenvalue weighted by Crippen LogP contribution is -2.43. The number of carbonyl (C=O) groups is 2. The first kappa shape index (κ1) is 22.2. The molecule has 2 aliphatic heterocycles. The van der Waals surface area contributed by atoms with Crippen LogP contribution in [0.5, 0.6) is 0 Å². The average molecular weight is 414 g/mol. The van der Waals surface area contributed by atoms with E-state index in [9.17, 15) is 9.59 Å². The predicted molar refractivity (Wildman–Crippen MR) is 112 cm³/mol. The lowest BCUT2D eigenvalue weighted by molar-refractivity contribution is -0.135. The maximum Gasteiger partial charge on any atom is 0.223 e. The molecule has 0 atom stereocenters. The minimum Gasteiger partial charge on any atom is -0.355 e. The molecule has 5 nitrogen and oxygen atoms in total. The van der Waals surface area contributed by atoms with Crippen molar-refractivity contribution in [3.8, 4) is 0 Å². The summed E-state index contributed by atoms with van der Waals surface area (Å²) in [5, 5.41) is 8.50. The molecule has 0 spiro atoms. The fourth-order valence-electron chi connectivity index (χ4n) is 3.96. The van der Waals surface area contributed by atoms with Crippen molar-refractivity contribution >= 4 is 35.6 Å². The topological polar surface area (TPSA) is 61.4 Å². The third kappa shape index (κ3) is 7.09. The Bertz CT molecular complexity index is 568. The van der Waals surface area contributed by atoms with E-state index in [1.54, 1.807) is 11.3 Å². The SMILES string of the molecule is Cl.O=C(NCCc1cccs1)C1CCN(C(=O)CCC2CCNCC2)CC1. The molecule has 3 rings (SSSR count). The van der Waals surface area contributed by atoms with Gasteiger partial charge in [0.2, 0.25) is 11.8 Å². The Balaban J connectivity index is 0.00000261. The highest BCUT2D eigenvalue weighted by Gasteiger charge is 2.27. The highest BCUT2D eigenvalue weighted by molar-refractivity contribution is 7.09. The predicted octanol–water partition coefficient (Wildman–Crippen LogP) is 2.85. The summed E-state index contributed by atoms with van der Waals surface area (Å²) in [5.74, 6) is 1.20. The van der Waals surface area contributed by atoms with E-state index in [1.165, 1.54) is 17.7 Å². The van der Waals surface area contributed by atoms with E-state index in [1.807, 2.05) is 11.0 Å². The van der Waals surface area contributed by atoms with Crippen LogP contribution in [-0.4, -0.2) is 49.4 Å². The number of thiophene rings is 1. The molecule has 2 N–H and O–H groups in total. The average Bonchev–Trinajstić information content (AvgIpc) is 3.20. The minimum atomic E-state index is 0. The van der Waals surface area contributed by atoms with Crippen LogP contribution in [0.4, 0.5) is 0 Å². The molecule has 152 valence electrons. The van der Waals surface area contributed by atoms with Gasteiger partial charge >= 0.3 is 0 Å². The number of hydrogen-bond donors (Lipinski definition) is 2. The summed E-state index contributed by atoms with van der Waals surface area (Å²) in [6, 6.07) is 4.14. The molecule has 3 heterocycles. The van der Waals surface area contributed by atoms with E-state index in [0.717, 1.165) is 51.9 Å². The summed E-state index contributed by atoms with van der Waals surface area (Å²) in [4.78, 5) is 28.0. The molecule has 2 aliphatic rings.